The average Bonchev–Trinajstić information content (AvgIpc) is 2.76. The van der Waals surface area contributed by atoms with Gasteiger partial charge in [-0.15, -0.1) is 22.9 Å². The van der Waals surface area contributed by atoms with Gasteiger partial charge in [0.15, 0.2) is 0 Å². The molecule has 0 saturated carbocycles. The predicted molar refractivity (Wildman–Crippen MR) is 62.2 cm³/mol. The van der Waals surface area contributed by atoms with Crippen molar-refractivity contribution in [3.8, 4) is 10.7 Å². The second-order valence-electron chi connectivity index (χ2n) is 3.03. The Morgan fingerprint density at radius 2 is 2.27 bits per heavy atom. The molecule has 0 spiro atoms. The van der Waals surface area contributed by atoms with Gasteiger partial charge in [0.1, 0.15) is 10.7 Å². The van der Waals surface area contributed by atoms with Gasteiger partial charge in [-0.1, -0.05) is 0 Å². The summed E-state index contributed by atoms with van der Waals surface area (Å²) >= 11 is 7.22. The molecule has 0 atom stereocenters. The lowest BCUT2D eigenvalue weighted by Crippen LogP contribution is -1.87. The van der Waals surface area contributed by atoms with Crippen molar-refractivity contribution >= 4 is 22.9 Å². The third-order valence-corrected chi connectivity index (χ3v) is 3.08. The summed E-state index contributed by atoms with van der Waals surface area (Å²) in [5, 5.41) is 2.98. The van der Waals surface area contributed by atoms with E-state index in [4.69, 9.17) is 11.6 Å². The number of hydrogen-bond donors (Lipinski definition) is 0. The van der Waals surface area contributed by atoms with Gasteiger partial charge < -0.3 is 0 Å². The van der Waals surface area contributed by atoms with Gasteiger partial charge in [0.25, 0.3) is 0 Å². The summed E-state index contributed by atoms with van der Waals surface area (Å²) < 4.78 is 0. The number of halogens is 1. The van der Waals surface area contributed by atoms with Crippen molar-refractivity contribution in [3.63, 3.8) is 0 Å². The minimum absolute atomic E-state index is 0.679. The smallest absolute Gasteiger partial charge is 0.143 e. The lowest BCUT2D eigenvalue weighted by molar-refractivity contribution is 0.899. The summed E-state index contributed by atoms with van der Waals surface area (Å²) in [4.78, 5) is 12.7. The zero-order valence-electron chi connectivity index (χ0n) is 8.06. The van der Waals surface area contributed by atoms with Gasteiger partial charge in [-0.2, -0.15) is 0 Å². The first-order valence-electron chi connectivity index (χ1n) is 4.67. The molecule has 15 heavy (non-hydrogen) atoms. The first-order valence-corrected chi connectivity index (χ1v) is 6.08. The van der Waals surface area contributed by atoms with Crippen LogP contribution < -0.4 is 0 Å². The van der Waals surface area contributed by atoms with Crippen molar-refractivity contribution in [3.05, 3.63) is 29.7 Å². The van der Waals surface area contributed by atoms with E-state index in [1.54, 1.807) is 29.9 Å². The van der Waals surface area contributed by atoms with E-state index in [0.29, 0.717) is 5.88 Å². The molecular formula is C10H10ClN3S. The summed E-state index contributed by atoms with van der Waals surface area (Å²) in [5.41, 5.74) is 1.92. The quantitative estimate of drug-likeness (QED) is 0.771. The van der Waals surface area contributed by atoms with E-state index in [1.807, 2.05) is 0 Å². The zero-order chi connectivity index (χ0) is 10.5. The van der Waals surface area contributed by atoms with Crippen molar-refractivity contribution in [2.75, 3.05) is 5.88 Å². The molecular weight excluding hydrogens is 230 g/mol. The predicted octanol–water partition coefficient (Wildman–Crippen LogP) is 2.77. The highest BCUT2D eigenvalue weighted by molar-refractivity contribution is 7.13. The van der Waals surface area contributed by atoms with Crippen LogP contribution in [-0.2, 0) is 6.42 Å². The molecule has 0 bridgehead atoms. The topological polar surface area (TPSA) is 38.7 Å². The van der Waals surface area contributed by atoms with E-state index in [9.17, 15) is 0 Å². The Bertz CT molecular complexity index is 416. The van der Waals surface area contributed by atoms with Gasteiger partial charge in [0, 0.05) is 23.7 Å². The Kier molecular flexibility index (Phi) is 3.64. The standard InChI is InChI=1S/C10H10ClN3S/c11-3-1-2-8-7-15-10(14-8)9-6-12-4-5-13-9/h4-7H,1-3H2. The highest BCUT2D eigenvalue weighted by Gasteiger charge is 2.05. The molecule has 0 radical (unpaired) electrons. The minimum Gasteiger partial charge on any atom is -0.261 e. The van der Waals surface area contributed by atoms with Gasteiger partial charge >= 0.3 is 0 Å². The highest BCUT2D eigenvalue weighted by atomic mass is 35.5. The van der Waals surface area contributed by atoms with Gasteiger partial charge in [0.2, 0.25) is 0 Å². The molecule has 0 amide bonds. The van der Waals surface area contributed by atoms with Crippen molar-refractivity contribution in [2.24, 2.45) is 0 Å². The maximum atomic E-state index is 5.63. The Labute approximate surface area is 97.2 Å². The van der Waals surface area contributed by atoms with Gasteiger partial charge in [0.05, 0.1) is 11.9 Å². The summed E-state index contributed by atoms with van der Waals surface area (Å²) in [7, 11) is 0. The van der Waals surface area contributed by atoms with Gasteiger partial charge in [-0.3, -0.25) is 9.97 Å². The molecule has 2 rings (SSSR count). The van der Waals surface area contributed by atoms with E-state index in [2.05, 4.69) is 20.3 Å². The number of aryl methyl sites for hydroxylation is 1. The third kappa shape index (κ3) is 2.73. The van der Waals surface area contributed by atoms with Gasteiger partial charge in [-0.05, 0) is 12.8 Å². The number of thiazole rings is 1. The normalized spacial score (nSPS) is 10.5. The summed E-state index contributed by atoms with van der Waals surface area (Å²) in [5.74, 6) is 0.679. The van der Waals surface area contributed by atoms with E-state index in [0.717, 1.165) is 29.2 Å². The Morgan fingerprint density at radius 1 is 1.33 bits per heavy atom. The Balaban J connectivity index is 2.14. The van der Waals surface area contributed by atoms with Crippen molar-refractivity contribution in [1.29, 1.82) is 0 Å². The van der Waals surface area contributed by atoms with E-state index >= 15 is 0 Å². The van der Waals surface area contributed by atoms with Crippen molar-refractivity contribution in [2.45, 2.75) is 12.8 Å². The van der Waals surface area contributed by atoms with Crippen LogP contribution in [0, 0.1) is 0 Å². The maximum Gasteiger partial charge on any atom is 0.143 e. The molecule has 0 aliphatic carbocycles. The molecule has 0 aromatic carbocycles. The molecule has 0 saturated heterocycles. The van der Waals surface area contributed by atoms with Crippen LogP contribution in [0.25, 0.3) is 10.7 Å². The number of nitrogens with zero attached hydrogens (tertiary/aromatic N) is 3. The largest absolute Gasteiger partial charge is 0.261 e. The highest BCUT2D eigenvalue weighted by Crippen LogP contribution is 2.21. The molecule has 2 aromatic rings. The molecule has 0 N–H and O–H groups in total. The molecule has 0 fully saturated rings. The van der Waals surface area contributed by atoms with Crippen LogP contribution in [0.15, 0.2) is 24.0 Å². The maximum absolute atomic E-state index is 5.63. The third-order valence-electron chi connectivity index (χ3n) is 1.90. The lowest BCUT2D eigenvalue weighted by Gasteiger charge is -1.93. The summed E-state index contributed by atoms with van der Waals surface area (Å²) in [6.07, 6.45) is 6.95. The molecule has 78 valence electrons. The summed E-state index contributed by atoms with van der Waals surface area (Å²) in [6, 6.07) is 0. The summed E-state index contributed by atoms with van der Waals surface area (Å²) in [6.45, 7) is 0. The zero-order valence-corrected chi connectivity index (χ0v) is 9.63. The number of rotatable bonds is 4. The van der Waals surface area contributed by atoms with E-state index in [1.165, 1.54) is 0 Å². The van der Waals surface area contributed by atoms with Crippen molar-refractivity contribution < 1.29 is 0 Å². The van der Waals surface area contributed by atoms with Crippen LogP contribution in [0.3, 0.4) is 0 Å². The number of aromatic nitrogens is 3. The van der Waals surface area contributed by atoms with Gasteiger partial charge in [-0.25, -0.2) is 4.98 Å². The molecule has 0 aliphatic heterocycles. The SMILES string of the molecule is ClCCCc1csc(-c2cnccn2)n1. The average molecular weight is 240 g/mol. The monoisotopic (exact) mass is 239 g/mol. The molecule has 2 heterocycles. The fourth-order valence-electron chi connectivity index (χ4n) is 1.20. The Morgan fingerprint density at radius 3 is 3.00 bits per heavy atom. The first kappa shape index (κ1) is 10.5. The van der Waals surface area contributed by atoms with Crippen LogP contribution in [0.5, 0.6) is 0 Å². The van der Waals surface area contributed by atoms with Crippen LogP contribution in [-0.4, -0.2) is 20.8 Å². The number of alkyl halides is 1. The molecule has 5 heteroatoms. The second-order valence-corrected chi connectivity index (χ2v) is 4.26. The van der Waals surface area contributed by atoms with Crippen LogP contribution in [0.4, 0.5) is 0 Å². The fraction of sp³-hybridized carbons (Fsp3) is 0.300. The van der Waals surface area contributed by atoms with Crippen LogP contribution in [0.1, 0.15) is 12.1 Å². The minimum atomic E-state index is 0.679. The van der Waals surface area contributed by atoms with E-state index < -0.39 is 0 Å². The lowest BCUT2D eigenvalue weighted by atomic mass is 10.3. The van der Waals surface area contributed by atoms with Crippen molar-refractivity contribution in [1.82, 2.24) is 15.0 Å². The molecule has 3 nitrogen and oxygen atoms in total. The van der Waals surface area contributed by atoms with E-state index in [-0.39, 0.29) is 0 Å². The second kappa shape index (κ2) is 5.19. The Hall–Kier alpha value is -1.00. The fourth-order valence-corrected chi connectivity index (χ4v) is 2.14. The molecule has 0 unspecified atom stereocenters. The molecule has 0 aliphatic rings. The van der Waals surface area contributed by atoms with Crippen LogP contribution >= 0.6 is 22.9 Å². The first-order chi connectivity index (χ1) is 7.40. The number of hydrogen-bond acceptors (Lipinski definition) is 4. The molecule has 2 aromatic heterocycles. The van der Waals surface area contributed by atoms with Crippen LogP contribution in [0.2, 0.25) is 0 Å².